The van der Waals surface area contributed by atoms with Crippen molar-refractivity contribution in [3.63, 3.8) is 0 Å². The zero-order valence-electron chi connectivity index (χ0n) is 13.4. The topological polar surface area (TPSA) is 108 Å². The van der Waals surface area contributed by atoms with E-state index >= 15 is 0 Å². The first-order chi connectivity index (χ1) is 10.9. The Labute approximate surface area is 133 Å². The number of pyridine rings is 1. The summed E-state index contributed by atoms with van der Waals surface area (Å²) in [7, 11) is 0. The van der Waals surface area contributed by atoms with E-state index in [1.165, 1.54) is 0 Å². The van der Waals surface area contributed by atoms with Gasteiger partial charge in [0.2, 0.25) is 5.91 Å². The average molecular weight is 316 g/mol. The smallest absolute Gasteiger partial charge is 0.325 e. The molecule has 0 aliphatic rings. The molecule has 0 radical (unpaired) electrons. The highest BCUT2D eigenvalue weighted by Crippen LogP contribution is 2.14. The predicted octanol–water partition coefficient (Wildman–Crippen LogP) is 0.885. The molecule has 0 bridgehead atoms. The molecule has 3 N–H and O–H groups in total. The lowest BCUT2D eigenvalue weighted by atomic mass is 10.1. The van der Waals surface area contributed by atoms with Crippen LogP contribution in [0, 0.1) is 13.8 Å². The van der Waals surface area contributed by atoms with Gasteiger partial charge < -0.3 is 10.3 Å². The quantitative estimate of drug-likeness (QED) is 0.761. The second-order valence-electron chi connectivity index (χ2n) is 5.48. The largest absolute Gasteiger partial charge is 0.347 e. The fraction of sp³-hybridized carbons (Fsp3) is 0.375. The highest BCUT2D eigenvalue weighted by molar-refractivity contribution is 5.79. The molecular formula is C16H20N4O3. The fourth-order valence-corrected chi connectivity index (χ4v) is 2.32. The van der Waals surface area contributed by atoms with Gasteiger partial charge in [-0.2, -0.15) is 0 Å². The van der Waals surface area contributed by atoms with Crippen LogP contribution in [0.25, 0.3) is 0 Å². The lowest BCUT2D eigenvalue weighted by molar-refractivity contribution is -0.121. The second-order valence-corrected chi connectivity index (χ2v) is 5.48. The van der Waals surface area contributed by atoms with Crippen molar-refractivity contribution >= 4 is 5.91 Å². The van der Waals surface area contributed by atoms with Gasteiger partial charge in [-0.15, -0.1) is 0 Å². The molecule has 0 unspecified atom stereocenters. The third kappa shape index (κ3) is 4.15. The zero-order chi connectivity index (χ0) is 17.0. The molecule has 122 valence electrons. The number of carbonyl (C=O) groups excluding carboxylic acids is 1. The molecule has 2 aromatic heterocycles. The summed E-state index contributed by atoms with van der Waals surface area (Å²) in [6.07, 6.45) is 2.34. The van der Waals surface area contributed by atoms with E-state index in [1.807, 2.05) is 26.0 Å². The Morgan fingerprint density at radius 3 is 2.57 bits per heavy atom. The van der Waals surface area contributed by atoms with Crippen molar-refractivity contribution in [2.24, 2.45) is 0 Å². The maximum atomic E-state index is 12.2. The third-order valence-electron chi connectivity index (χ3n) is 3.63. The first-order valence-electron chi connectivity index (χ1n) is 7.44. The molecule has 2 rings (SSSR count). The van der Waals surface area contributed by atoms with Crippen LogP contribution in [0.1, 0.15) is 41.9 Å². The van der Waals surface area contributed by atoms with E-state index in [4.69, 9.17) is 0 Å². The number of carbonyl (C=O) groups is 1. The van der Waals surface area contributed by atoms with Crippen LogP contribution in [0.3, 0.4) is 0 Å². The first kappa shape index (κ1) is 16.7. The summed E-state index contributed by atoms with van der Waals surface area (Å²) in [5, 5.41) is 2.87. The Balaban J connectivity index is 2.13. The standard InChI is InChI=1S/C16H20N4O3/c1-4-12(13-6-5-9(2)8-17-13)19-14(21)7-11-10(3)18-16(23)20-15(11)22/h5-6,8,12H,4,7H2,1-3H3,(H,19,21)(H2,18,20,22,23)/t12-/m1/s1. The summed E-state index contributed by atoms with van der Waals surface area (Å²) >= 11 is 0. The molecular weight excluding hydrogens is 296 g/mol. The van der Waals surface area contributed by atoms with Crippen LogP contribution in [0.15, 0.2) is 27.9 Å². The van der Waals surface area contributed by atoms with Gasteiger partial charge in [-0.3, -0.25) is 19.6 Å². The molecule has 0 saturated heterocycles. The summed E-state index contributed by atoms with van der Waals surface area (Å²) in [6, 6.07) is 3.60. The predicted molar refractivity (Wildman–Crippen MR) is 86.3 cm³/mol. The molecule has 0 fully saturated rings. The van der Waals surface area contributed by atoms with Crippen molar-refractivity contribution in [1.82, 2.24) is 20.3 Å². The maximum Gasteiger partial charge on any atom is 0.325 e. The zero-order valence-corrected chi connectivity index (χ0v) is 13.4. The van der Waals surface area contributed by atoms with Crippen molar-refractivity contribution in [3.8, 4) is 0 Å². The monoisotopic (exact) mass is 316 g/mol. The number of hydrogen-bond donors (Lipinski definition) is 3. The number of hydrogen-bond acceptors (Lipinski definition) is 4. The molecule has 0 aliphatic carbocycles. The number of amides is 1. The summed E-state index contributed by atoms with van der Waals surface area (Å²) in [6.45, 7) is 5.49. The SMILES string of the molecule is CC[C@@H](NC(=O)Cc1c(C)[nH]c(=O)[nH]c1=O)c1ccc(C)cn1. The lowest BCUT2D eigenvalue weighted by Crippen LogP contribution is -2.34. The van der Waals surface area contributed by atoms with Crippen LogP contribution in [0.5, 0.6) is 0 Å². The van der Waals surface area contributed by atoms with Crippen molar-refractivity contribution < 1.29 is 4.79 Å². The fourth-order valence-electron chi connectivity index (χ4n) is 2.32. The van der Waals surface area contributed by atoms with E-state index in [9.17, 15) is 14.4 Å². The molecule has 0 aliphatic heterocycles. The summed E-state index contributed by atoms with van der Waals surface area (Å²) < 4.78 is 0. The maximum absolute atomic E-state index is 12.2. The third-order valence-corrected chi connectivity index (χ3v) is 3.63. The number of aromatic amines is 2. The number of nitrogens with zero attached hydrogens (tertiary/aromatic N) is 1. The minimum Gasteiger partial charge on any atom is -0.347 e. The van der Waals surface area contributed by atoms with Crippen LogP contribution in [-0.2, 0) is 11.2 Å². The van der Waals surface area contributed by atoms with Gasteiger partial charge in [0.1, 0.15) is 0 Å². The van der Waals surface area contributed by atoms with Gasteiger partial charge in [-0.05, 0) is 31.9 Å². The van der Waals surface area contributed by atoms with Gasteiger partial charge in [0.25, 0.3) is 5.56 Å². The molecule has 1 atom stereocenters. The van der Waals surface area contributed by atoms with E-state index in [1.54, 1.807) is 13.1 Å². The summed E-state index contributed by atoms with van der Waals surface area (Å²) in [5.41, 5.74) is 1.36. The Hall–Kier alpha value is -2.70. The second kappa shape index (κ2) is 7.04. The molecule has 0 aromatic carbocycles. The molecule has 2 aromatic rings. The van der Waals surface area contributed by atoms with Crippen molar-refractivity contribution in [2.45, 2.75) is 39.7 Å². The molecule has 1 amide bonds. The van der Waals surface area contributed by atoms with Crippen molar-refractivity contribution in [3.05, 3.63) is 61.7 Å². The molecule has 7 nitrogen and oxygen atoms in total. The van der Waals surface area contributed by atoms with E-state index in [0.29, 0.717) is 12.1 Å². The Bertz CT molecular complexity index is 805. The molecule has 23 heavy (non-hydrogen) atoms. The highest BCUT2D eigenvalue weighted by atomic mass is 16.2. The average Bonchev–Trinajstić information content (AvgIpc) is 2.49. The number of rotatable bonds is 5. The van der Waals surface area contributed by atoms with Crippen molar-refractivity contribution in [2.75, 3.05) is 0 Å². The van der Waals surface area contributed by atoms with E-state index in [-0.39, 0.29) is 23.9 Å². The van der Waals surface area contributed by atoms with Gasteiger partial charge >= 0.3 is 5.69 Å². The summed E-state index contributed by atoms with van der Waals surface area (Å²) in [4.78, 5) is 44.1. The Morgan fingerprint density at radius 2 is 2.00 bits per heavy atom. The number of H-pyrrole nitrogens is 2. The minimum atomic E-state index is -0.577. The number of nitrogens with one attached hydrogen (secondary N) is 3. The van der Waals surface area contributed by atoms with Crippen LogP contribution in [-0.4, -0.2) is 20.9 Å². The van der Waals surface area contributed by atoms with Crippen LogP contribution >= 0.6 is 0 Å². The first-order valence-corrected chi connectivity index (χ1v) is 7.44. The van der Waals surface area contributed by atoms with Gasteiger partial charge in [-0.25, -0.2) is 4.79 Å². The van der Waals surface area contributed by atoms with Gasteiger partial charge in [-0.1, -0.05) is 13.0 Å². The molecule has 0 saturated carbocycles. The number of aryl methyl sites for hydroxylation is 2. The van der Waals surface area contributed by atoms with Crippen LogP contribution in [0.2, 0.25) is 0 Å². The van der Waals surface area contributed by atoms with Crippen molar-refractivity contribution in [1.29, 1.82) is 0 Å². The van der Waals surface area contributed by atoms with Crippen LogP contribution < -0.4 is 16.6 Å². The molecule has 0 spiro atoms. The van der Waals surface area contributed by atoms with Gasteiger partial charge in [0.15, 0.2) is 0 Å². The summed E-state index contributed by atoms with van der Waals surface area (Å²) in [5.74, 6) is -0.292. The normalized spacial score (nSPS) is 12.0. The Morgan fingerprint density at radius 1 is 1.26 bits per heavy atom. The lowest BCUT2D eigenvalue weighted by Gasteiger charge is -2.17. The highest BCUT2D eigenvalue weighted by Gasteiger charge is 2.16. The van der Waals surface area contributed by atoms with Crippen LogP contribution in [0.4, 0.5) is 0 Å². The van der Waals surface area contributed by atoms with Gasteiger partial charge in [0, 0.05) is 17.5 Å². The number of aromatic nitrogens is 3. The molecule has 2 heterocycles. The Kier molecular flexibility index (Phi) is 5.10. The molecule has 7 heteroatoms. The van der Waals surface area contributed by atoms with E-state index in [0.717, 1.165) is 11.3 Å². The van der Waals surface area contributed by atoms with E-state index < -0.39 is 11.2 Å². The van der Waals surface area contributed by atoms with E-state index in [2.05, 4.69) is 20.3 Å². The van der Waals surface area contributed by atoms with Gasteiger partial charge in [0.05, 0.1) is 18.2 Å². The minimum absolute atomic E-state index is 0.0969.